The van der Waals surface area contributed by atoms with Gasteiger partial charge >= 0.3 is 0 Å². The summed E-state index contributed by atoms with van der Waals surface area (Å²) >= 11 is 0. The summed E-state index contributed by atoms with van der Waals surface area (Å²) < 4.78 is 29.9. The predicted molar refractivity (Wildman–Crippen MR) is 83.6 cm³/mol. The first-order valence-electron chi connectivity index (χ1n) is 7.55. The molecule has 0 amide bonds. The molecule has 0 aromatic heterocycles. The van der Waals surface area contributed by atoms with E-state index in [0.717, 1.165) is 25.7 Å². The average molecular weight is 298 g/mol. The molecule has 114 valence electrons. The van der Waals surface area contributed by atoms with Gasteiger partial charge in [0.15, 0.2) is 0 Å². The fourth-order valence-corrected chi connectivity index (χ4v) is 2.96. The SMILES string of the molecule is CCCCCc1ccccc1CCCCCS(=O)(=O)O. The highest BCUT2D eigenvalue weighted by atomic mass is 32.2. The van der Waals surface area contributed by atoms with Crippen molar-refractivity contribution in [1.29, 1.82) is 0 Å². The molecule has 1 N–H and O–H groups in total. The van der Waals surface area contributed by atoms with Crippen molar-refractivity contribution >= 4 is 10.1 Å². The van der Waals surface area contributed by atoms with E-state index in [1.807, 2.05) is 0 Å². The molecule has 0 heterocycles. The molecule has 0 spiro atoms. The van der Waals surface area contributed by atoms with Crippen molar-refractivity contribution in [3.63, 3.8) is 0 Å². The van der Waals surface area contributed by atoms with E-state index in [2.05, 4.69) is 31.2 Å². The third-order valence-corrected chi connectivity index (χ3v) is 4.32. The van der Waals surface area contributed by atoms with E-state index in [-0.39, 0.29) is 5.75 Å². The molecule has 0 aliphatic rings. The fraction of sp³-hybridized carbons (Fsp3) is 0.625. The molecule has 1 rings (SSSR count). The Labute approximate surface area is 123 Å². The number of hydrogen-bond donors (Lipinski definition) is 1. The van der Waals surface area contributed by atoms with Crippen LogP contribution < -0.4 is 0 Å². The van der Waals surface area contributed by atoms with E-state index in [1.165, 1.54) is 30.4 Å². The molecule has 4 heteroatoms. The molecule has 1 aromatic carbocycles. The maximum absolute atomic E-state index is 10.6. The lowest BCUT2D eigenvalue weighted by molar-refractivity contribution is 0.479. The van der Waals surface area contributed by atoms with Gasteiger partial charge in [-0.25, -0.2) is 0 Å². The van der Waals surface area contributed by atoms with Crippen LogP contribution in [0.4, 0.5) is 0 Å². The summed E-state index contributed by atoms with van der Waals surface area (Å²) in [4.78, 5) is 0. The maximum Gasteiger partial charge on any atom is 0.264 e. The first-order valence-corrected chi connectivity index (χ1v) is 9.16. The van der Waals surface area contributed by atoms with Crippen LogP contribution in [0.3, 0.4) is 0 Å². The van der Waals surface area contributed by atoms with E-state index in [9.17, 15) is 8.42 Å². The second-order valence-corrected chi connectivity index (χ2v) is 6.89. The Bertz CT molecular complexity index is 480. The molecule has 0 bridgehead atoms. The third-order valence-electron chi connectivity index (χ3n) is 3.52. The minimum absolute atomic E-state index is 0.120. The van der Waals surface area contributed by atoms with Crippen LogP contribution in [0.5, 0.6) is 0 Å². The normalized spacial score (nSPS) is 11.7. The first-order chi connectivity index (χ1) is 9.53. The van der Waals surface area contributed by atoms with E-state index in [1.54, 1.807) is 0 Å². The standard InChI is InChI=1S/C16H26O3S/c1-2-3-5-10-15-12-7-8-13-16(15)11-6-4-9-14-20(17,18)19/h7-8,12-13H,2-6,9-11,14H2,1H3,(H,17,18,19). The summed E-state index contributed by atoms with van der Waals surface area (Å²) in [5.41, 5.74) is 2.81. The topological polar surface area (TPSA) is 54.4 Å². The van der Waals surface area contributed by atoms with Crippen molar-refractivity contribution in [2.75, 3.05) is 5.75 Å². The van der Waals surface area contributed by atoms with Crippen LogP contribution in [-0.2, 0) is 23.0 Å². The van der Waals surface area contributed by atoms with Crippen LogP contribution >= 0.6 is 0 Å². The Kier molecular flexibility index (Phi) is 7.85. The van der Waals surface area contributed by atoms with Crippen molar-refractivity contribution in [1.82, 2.24) is 0 Å². The van der Waals surface area contributed by atoms with Gasteiger partial charge in [0, 0.05) is 0 Å². The number of aryl methyl sites for hydroxylation is 2. The first kappa shape index (κ1) is 17.2. The van der Waals surface area contributed by atoms with Crippen LogP contribution in [0.25, 0.3) is 0 Å². The molecule has 20 heavy (non-hydrogen) atoms. The van der Waals surface area contributed by atoms with Gasteiger partial charge in [-0.1, -0.05) is 50.5 Å². The molecule has 0 saturated heterocycles. The molecule has 3 nitrogen and oxygen atoms in total. The van der Waals surface area contributed by atoms with Crippen LogP contribution in [0, 0.1) is 0 Å². The van der Waals surface area contributed by atoms with Crippen molar-refractivity contribution in [2.45, 2.75) is 58.3 Å². The molecular weight excluding hydrogens is 272 g/mol. The molecule has 0 fully saturated rings. The zero-order chi connectivity index (χ0) is 14.8. The molecule has 1 aromatic rings. The average Bonchev–Trinajstić information content (AvgIpc) is 2.39. The summed E-state index contributed by atoms with van der Waals surface area (Å²) in [5, 5.41) is 0. The lowest BCUT2D eigenvalue weighted by Crippen LogP contribution is -2.03. The maximum atomic E-state index is 10.6. The van der Waals surface area contributed by atoms with E-state index >= 15 is 0 Å². The van der Waals surface area contributed by atoms with Crippen LogP contribution in [0.2, 0.25) is 0 Å². The second-order valence-electron chi connectivity index (χ2n) is 5.32. The van der Waals surface area contributed by atoms with Crippen molar-refractivity contribution in [3.8, 4) is 0 Å². The highest BCUT2D eigenvalue weighted by molar-refractivity contribution is 7.85. The second kappa shape index (κ2) is 9.14. The van der Waals surface area contributed by atoms with Crippen molar-refractivity contribution in [2.24, 2.45) is 0 Å². The largest absolute Gasteiger partial charge is 0.286 e. The lowest BCUT2D eigenvalue weighted by atomic mass is 9.97. The van der Waals surface area contributed by atoms with Crippen molar-refractivity contribution < 1.29 is 13.0 Å². The minimum Gasteiger partial charge on any atom is -0.286 e. The summed E-state index contributed by atoms with van der Waals surface area (Å²) in [6.45, 7) is 2.21. The Balaban J connectivity index is 2.35. The highest BCUT2D eigenvalue weighted by Crippen LogP contribution is 2.16. The van der Waals surface area contributed by atoms with E-state index in [4.69, 9.17) is 4.55 Å². The molecule has 0 atom stereocenters. The van der Waals surface area contributed by atoms with Gasteiger partial charge in [0.25, 0.3) is 10.1 Å². The van der Waals surface area contributed by atoms with Gasteiger partial charge in [0.1, 0.15) is 0 Å². The summed E-state index contributed by atoms with van der Waals surface area (Å²) in [6, 6.07) is 8.52. The van der Waals surface area contributed by atoms with Crippen LogP contribution in [0.1, 0.15) is 56.6 Å². The van der Waals surface area contributed by atoms with Gasteiger partial charge in [-0.15, -0.1) is 0 Å². The van der Waals surface area contributed by atoms with E-state index in [0.29, 0.717) is 6.42 Å². The Morgan fingerprint density at radius 3 is 1.95 bits per heavy atom. The predicted octanol–water partition coefficient (Wildman–Crippen LogP) is 4.02. The number of hydrogen-bond acceptors (Lipinski definition) is 2. The highest BCUT2D eigenvalue weighted by Gasteiger charge is 2.05. The van der Waals surface area contributed by atoms with Gasteiger partial charge in [-0.2, -0.15) is 8.42 Å². The number of benzene rings is 1. The fourth-order valence-electron chi connectivity index (χ4n) is 2.39. The zero-order valence-corrected chi connectivity index (χ0v) is 13.2. The van der Waals surface area contributed by atoms with Gasteiger partial charge < -0.3 is 0 Å². The number of rotatable bonds is 10. The van der Waals surface area contributed by atoms with Crippen LogP contribution in [0.15, 0.2) is 24.3 Å². The van der Waals surface area contributed by atoms with Gasteiger partial charge in [-0.3, -0.25) is 4.55 Å². The Morgan fingerprint density at radius 1 is 0.900 bits per heavy atom. The molecule has 0 aliphatic carbocycles. The molecular formula is C16H26O3S. The minimum atomic E-state index is -3.79. The Hall–Kier alpha value is -0.870. The van der Waals surface area contributed by atoms with Gasteiger partial charge in [0.2, 0.25) is 0 Å². The van der Waals surface area contributed by atoms with Gasteiger partial charge in [0.05, 0.1) is 5.75 Å². The summed E-state index contributed by atoms with van der Waals surface area (Å²) in [7, 11) is -3.79. The smallest absolute Gasteiger partial charge is 0.264 e. The number of unbranched alkanes of at least 4 members (excludes halogenated alkanes) is 4. The summed E-state index contributed by atoms with van der Waals surface area (Å²) in [6.07, 6.45) is 8.21. The Morgan fingerprint density at radius 2 is 1.45 bits per heavy atom. The monoisotopic (exact) mass is 298 g/mol. The zero-order valence-electron chi connectivity index (χ0n) is 12.3. The van der Waals surface area contributed by atoms with Crippen LogP contribution in [-0.4, -0.2) is 18.7 Å². The van der Waals surface area contributed by atoms with E-state index < -0.39 is 10.1 Å². The quantitative estimate of drug-likeness (QED) is 0.524. The summed E-state index contributed by atoms with van der Waals surface area (Å²) in [5.74, 6) is -0.120. The molecule has 0 aliphatic heterocycles. The molecule has 0 unspecified atom stereocenters. The van der Waals surface area contributed by atoms with Gasteiger partial charge in [-0.05, 0) is 43.2 Å². The van der Waals surface area contributed by atoms with Crippen molar-refractivity contribution in [3.05, 3.63) is 35.4 Å². The third kappa shape index (κ3) is 7.65. The molecule has 0 saturated carbocycles. The lowest BCUT2D eigenvalue weighted by Gasteiger charge is -2.09. The molecule has 0 radical (unpaired) electrons.